The van der Waals surface area contributed by atoms with Crippen LogP contribution in [0.1, 0.15) is 62.4 Å². The van der Waals surface area contributed by atoms with Gasteiger partial charge in [0.25, 0.3) is 0 Å². The predicted molar refractivity (Wildman–Crippen MR) is 76.5 cm³/mol. The molecule has 3 rings (SSSR count). The van der Waals surface area contributed by atoms with Crippen LogP contribution in [0.15, 0.2) is 6.20 Å². The molecule has 3 unspecified atom stereocenters. The molecule has 0 aromatic carbocycles. The molecular formula is C15H24N4O. The number of aromatic nitrogens is 3. The smallest absolute Gasteiger partial charge is 0.199 e. The lowest BCUT2D eigenvalue weighted by Gasteiger charge is -2.39. The van der Waals surface area contributed by atoms with Crippen LogP contribution in [0.5, 0.6) is 0 Å². The van der Waals surface area contributed by atoms with Gasteiger partial charge < -0.3 is 5.32 Å². The first kappa shape index (κ1) is 13.7. The zero-order valence-electron chi connectivity index (χ0n) is 12.2. The monoisotopic (exact) mass is 276 g/mol. The second-order valence-electron chi connectivity index (χ2n) is 6.15. The molecule has 0 bridgehead atoms. The highest BCUT2D eigenvalue weighted by atomic mass is 16.1. The van der Waals surface area contributed by atoms with Gasteiger partial charge in [-0.1, -0.05) is 25.0 Å². The standard InChI is InChI=1S/C15H24N4O/c1-2-9-19-14(10-16-18-19)15(20)13-8-7-11-5-3-4-6-12(11)17-13/h10-13,17H,2-9H2,1H3. The number of carbonyl (C=O) groups excluding carboxylic acids is 1. The highest BCUT2D eigenvalue weighted by Gasteiger charge is 2.35. The fourth-order valence-corrected chi connectivity index (χ4v) is 3.71. The van der Waals surface area contributed by atoms with Gasteiger partial charge in [-0.3, -0.25) is 4.79 Å². The summed E-state index contributed by atoms with van der Waals surface area (Å²) in [5.74, 6) is 0.957. The summed E-state index contributed by atoms with van der Waals surface area (Å²) in [6, 6.07) is 0.505. The van der Waals surface area contributed by atoms with Gasteiger partial charge in [0.2, 0.25) is 0 Å². The number of piperidine rings is 1. The molecule has 110 valence electrons. The summed E-state index contributed by atoms with van der Waals surface area (Å²) >= 11 is 0. The molecule has 1 aromatic heterocycles. The molecule has 1 aliphatic heterocycles. The van der Waals surface area contributed by atoms with E-state index in [9.17, 15) is 4.79 Å². The molecule has 1 aromatic rings. The molecule has 2 heterocycles. The molecule has 2 fully saturated rings. The van der Waals surface area contributed by atoms with Crippen LogP contribution < -0.4 is 5.32 Å². The Morgan fingerprint density at radius 3 is 3.05 bits per heavy atom. The first-order chi connectivity index (χ1) is 9.79. The Morgan fingerprint density at radius 1 is 1.35 bits per heavy atom. The maximum absolute atomic E-state index is 12.7. The SMILES string of the molecule is CCCn1nncc1C(=O)C1CCC2CCCCC2N1. The first-order valence-electron chi connectivity index (χ1n) is 7.98. The van der Waals surface area contributed by atoms with Gasteiger partial charge in [0.05, 0.1) is 12.2 Å². The number of nitrogens with zero attached hydrogens (tertiary/aromatic N) is 3. The number of fused-ring (bicyclic) bond motifs is 1. The van der Waals surface area contributed by atoms with E-state index in [0.717, 1.165) is 25.3 Å². The van der Waals surface area contributed by atoms with Crippen molar-refractivity contribution < 1.29 is 4.79 Å². The molecule has 1 saturated carbocycles. The first-order valence-corrected chi connectivity index (χ1v) is 7.98. The van der Waals surface area contributed by atoms with Gasteiger partial charge in [0.15, 0.2) is 5.78 Å². The minimum Gasteiger partial charge on any atom is -0.304 e. The Labute approximate surface area is 120 Å². The molecule has 1 N–H and O–H groups in total. The number of ketones is 1. The van der Waals surface area contributed by atoms with Crippen molar-refractivity contribution in [3.05, 3.63) is 11.9 Å². The zero-order chi connectivity index (χ0) is 13.9. The van der Waals surface area contributed by atoms with Gasteiger partial charge in [-0.15, -0.1) is 5.10 Å². The summed E-state index contributed by atoms with van der Waals surface area (Å²) in [5.41, 5.74) is 0.665. The van der Waals surface area contributed by atoms with Crippen LogP contribution in [0.4, 0.5) is 0 Å². The van der Waals surface area contributed by atoms with E-state index in [1.54, 1.807) is 10.9 Å². The summed E-state index contributed by atoms with van der Waals surface area (Å²) < 4.78 is 1.75. The van der Waals surface area contributed by atoms with E-state index in [0.29, 0.717) is 11.7 Å². The summed E-state index contributed by atoms with van der Waals surface area (Å²) in [7, 11) is 0. The van der Waals surface area contributed by atoms with Crippen molar-refractivity contribution >= 4 is 5.78 Å². The molecule has 1 saturated heterocycles. The molecule has 2 aliphatic rings. The predicted octanol–water partition coefficient (Wildman–Crippen LogP) is 2.18. The third-order valence-corrected chi connectivity index (χ3v) is 4.77. The van der Waals surface area contributed by atoms with Gasteiger partial charge in [0, 0.05) is 12.6 Å². The van der Waals surface area contributed by atoms with Crippen LogP contribution in [0.25, 0.3) is 0 Å². The number of hydrogen-bond donors (Lipinski definition) is 1. The molecule has 5 nitrogen and oxygen atoms in total. The number of aryl methyl sites for hydroxylation is 1. The van der Waals surface area contributed by atoms with Crippen molar-refractivity contribution in [1.29, 1.82) is 0 Å². The van der Waals surface area contributed by atoms with E-state index in [4.69, 9.17) is 0 Å². The average molecular weight is 276 g/mol. The molecule has 1 aliphatic carbocycles. The van der Waals surface area contributed by atoms with Gasteiger partial charge in [0.1, 0.15) is 5.69 Å². The highest BCUT2D eigenvalue weighted by molar-refractivity contribution is 5.98. The second-order valence-corrected chi connectivity index (χ2v) is 6.15. The lowest BCUT2D eigenvalue weighted by molar-refractivity contribution is 0.0850. The van der Waals surface area contributed by atoms with E-state index in [2.05, 4.69) is 22.6 Å². The number of hydrogen-bond acceptors (Lipinski definition) is 4. The Morgan fingerprint density at radius 2 is 2.20 bits per heavy atom. The lowest BCUT2D eigenvalue weighted by Crippen LogP contribution is -2.52. The van der Waals surface area contributed by atoms with Crippen LogP contribution in [0.2, 0.25) is 0 Å². The van der Waals surface area contributed by atoms with Crippen molar-refractivity contribution in [2.45, 2.75) is 70.5 Å². The molecule has 0 radical (unpaired) electrons. The van der Waals surface area contributed by atoms with E-state index in [-0.39, 0.29) is 11.8 Å². The third kappa shape index (κ3) is 2.64. The summed E-state index contributed by atoms with van der Waals surface area (Å²) in [5, 5.41) is 11.5. The minimum absolute atomic E-state index is 0.0385. The fourth-order valence-electron chi connectivity index (χ4n) is 3.71. The Bertz CT molecular complexity index is 470. The number of Topliss-reactive ketones (excluding diaryl/α,β-unsaturated/α-hetero) is 1. The molecule has 5 heteroatoms. The van der Waals surface area contributed by atoms with Crippen molar-refractivity contribution in [3.63, 3.8) is 0 Å². The van der Waals surface area contributed by atoms with Crippen LogP contribution in [0.3, 0.4) is 0 Å². The summed E-state index contributed by atoms with van der Waals surface area (Å²) in [6.45, 7) is 2.85. The number of rotatable bonds is 4. The van der Waals surface area contributed by atoms with E-state index in [1.165, 1.54) is 32.1 Å². The van der Waals surface area contributed by atoms with Crippen molar-refractivity contribution in [1.82, 2.24) is 20.3 Å². The van der Waals surface area contributed by atoms with E-state index < -0.39 is 0 Å². The minimum atomic E-state index is -0.0385. The fraction of sp³-hybridized carbons (Fsp3) is 0.800. The Kier molecular flexibility index (Phi) is 4.15. The summed E-state index contributed by atoms with van der Waals surface area (Å²) in [4.78, 5) is 12.7. The molecular weight excluding hydrogens is 252 g/mol. The van der Waals surface area contributed by atoms with Gasteiger partial charge in [-0.2, -0.15) is 0 Å². The molecule has 3 atom stereocenters. The van der Waals surface area contributed by atoms with Gasteiger partial charge >= 0.3 is 0 Å². The maximum Gasteiger partial charge on any atom is 0.199 e. The highest BCUT2D eigenvalue weighted by Crippen LogP contribution is 2.32. The Balaban J connectivity index is 1.69. The molecule has 0 spiro atoms. The molecule has 20 heavy (non-hydrogen) atoms. The van der Waals surface area contributed by atoms with E-state index in [1.807, 2.05) is 0 Å². The zero-order valence-corrected chi connectivity index (χ0v) is 12.2. The van der Waals surface area contributed by atoms with Crippen LogP contribution in [-0.4, -0.2) is 32.9 Å². The van der Waals surface area contributed by atoms with Gasteiger partial charge in [-0.25, -0.2) is 4.68 Å². The average Bonchev–Trinajstić information content (AvgIpc) is 2.94. The van der Waals surface area contributed by atoms with Crippen LogP contribution in [-0.2, 0) is 6.54 Å². The third-order valence-electron chi connectivity index (χ3n) is 4.77. The summed E-state index contributed by atoms with van der Waals surface area (Å²) in [6.07, 6.45) is 9.92. The van der Waals surface area contributed by atoms with Crippen LogP contribution in [0, 0.1) is 5.92 Å². The largest absolute Gasteiger partial charge is 0.304 e. The second kappa shape index (κ2) is 6.04. The number of carbonyl (C=O) groups is 1. The van der Waals surface area contributed by atoms with Crippen molar-refractivity contribution in [2.75, 3.05) is 0 Å². The Hall–Kier alpha value is -1.23. The normalized spacial score (nSPS) is 29.9. The molecule has 0 amide bonds. The quantitative estimate of drug-likeness (QED) is 0.856. The van der Waals surface area contributed by atoms with Crippen molar-refractivity contribution in [2.24, 2.45) is 5.92 Å². The van der Waals surface area contributed by atoms with Crippen molar-refractivity contribution in [3.8, 4) is 0 Å². The number of nitrogens with one attached hydrogen (secondary N) is 1. The lowest BCUT2D eigenvalue weighted by atomic mass is 9.77. The topological polar surface area (TPSA) is 59.8 Å². The maximum atomic E-state index is 12.7. The van der Waals surface area contributed by atoms with Gasteiger partial charge in [-0.05, 0) is 38.0 Å². The van der Waals surface area contributed by atoms with E-state index >= 15 is 0 Å². The van der Waals surface area contributed by atoms with Crippen LogP contribution >= 0.6 is 0 Å².